The average Bonchev–Trinajstić information content (AvgIpc) is 2.15. The van der Waals surface area contributed by atoms with Crippen molar-refractivity contribution in [3.63, 3.8) is 0 Å². The molecule has 0 saturated carbocycles. The predicted molar refractivity (Wildman–Crippen MR) is 49.5 cm³/mol. The first-order valence-electron chi connectivity index (χ1n) is 4.28. The van der Waals surface area contributed by atoms with Gasteiger partial charge in [-0.05, 0) is 0 Å². The Morgan fingerprint density at radius 2 is 1.88 bits per heavy atom. The van der Waals surface area contributed by atoms with Crippen molar-refractivity contribution in [1.29, 1.82) is 0 Å². The molecule has 8 heteroatoms. The fourth-order valence-electron chi connectivity index (χ4n) is 1.35. The Balaban J connectivity index is 3.39. The monoisotopic (exact) mass is 249 g/mol. The Bertz CT molecular complexity index is 458. The first-order chi connectivity index (χ1) is 7.75. The predicted octanol–water partition coefficient (Wildman–Crippen LogP) is 2.33. The lowest BCUT2D eigenvalue weighted by Gasteiger charge is -2.16. The number of nitrogens with zero attached hydrogens (tertiary/aromatic N) is 1. The van der Waals surface area contributed by atoms with Crippen LogP contribution < -0.4 is 0 Å². The minimum Gasteiger partial charge on any atom is -0.481 e. The standard InChI is InChI=1S/C9H6F3NO4/c10-9(11,12)7(8(14)15)5-3-1-2-4-6(5)13(16)17/h1-4,7H,(H,14,15). The van der Waals surface area contributed by atoms with Gasteiger partial charge >= 0.3 is 12.1 Å². The summed E-state index contributed by atoms with van der Waals surface area (Å²) < 4.78 is 37.5. The Morgan fingerprint density at radius 1 is 1.35 bits per heavy atom. The SMILES string of the molecule is O=C(O)C(c1ccccc1[N+](=O)[O-])C(F)(F)F. The molecule has 0 aliphatic rings. The Labute approximate surface area is 92.6 Å². The van der Waals surface area contributed by atoms with E-state index in [1.165, 1.54) is 0 Å². The molecule has 1 aromatic carbocycles. The number of para-hydroxylation sites is 1. The van der Waals surface area contributed by atoms with Gasteiger partial charge in [0.15, 0.2) is 5.92 Å². The van der Waals surface area contributed by atoms with Gasteiger partial charge < -0.3 is 5.11 Å². The number of rotatable bonds is 3. The summed E-state index contributed by atoms with van der Waals surface area (Å²) in [6.07, 6.45) is -5.09. The maximum Gasteiger partial charge on any atom is 0.406 e. The minimum absolute atomic E-state index is 0.782. The summed E-state index contributed by atoms with van der Waals surface area (Å²) in [4.78, 5) is 20.1. The fraction of sp³-hybridized carbons (Fsp3) is 0.222. The molecule has 1 atom stereocenters. The quantitative estimate of drug-likeness (QED) is 0.658. The molecule has 1 N–H and O–H groups in total. The number of benzene rings is 1. The van der Waals surface area contributed by atoms with E-state index < -0.39 is 34.2 Å². The summed E-state index contributed by atoms with van der Waals surface area (Å²) in [5, 5.41) is 19.0. The van der Waals surface area contributed by atoms with Gasteiger partial charge in [-0.25, -0.2) is 0 Å². The molecule has 0 heterocycles. The summed E-state index contributed by atoms with van der Waals surface area (Å²) in [6.45, 7) is 0. The maximum atomic E-state index is 12.5. The summed E-state index contributed by atoms with van der Waals surface area (Å²) in [5.74, 6) is -5.07. The third kappa shape index (κ3) is 2.71. The molecule has 0 saturated heterocycles. The molecule has 5 nitrogen and oxygen atoms in total. The lowest BCUT2D eigenvalue weighted by atomic mass is 9.97. The van der Waals surface area contributed by atoms with Crippen LogP contribution >= 0.6 is 0 Å². The highest BCUT2D eigenvalue weighted by Crippen LogP contribution is 2.38. The summed E-state index contributed by atoms with van der Waals surface area (Å²) >= 11 is 0. The molecule has 0 aliphatic heterocycles. The minimum atomic E-state index is -5.09. The molecule has 17 heavy (non-hydrogen) atoms. The molecule has 1 unspecified atom stereocenters. The number of nitro benzene ring substituents is 1. The number of aliphatic carboxylic acids is 1. The van der Waals surface area contributed by atoms with E-state index in [9.17, 15) is 28.1 Å². The fourth-order valence-corrected chi connectivity index (χ4v) is 1.35. The van der Waals surface area contributed by atoms with Crippen LogP contribution in [-0.4, -0.2) is 22.2 Å². The number of carboxylic acid groups (broad SMARTS) is 1. The zero-order valence-corrected chi connectivity index (χ0v) is 8.14. The highest BCUT2D eigenvalue weighted by Gasteiger charge is 2.48. The molecule has 0 amide bonds. The molecule has 0 spiro atoms. The number of carbonyl (C=O) groups is 1. The second kappa shape index (κ2) is 4.40. The van der Waals surface area contributed by atoms with E-state index in [1.807, 2.05) is 0 Å². The molecule has 1 aromatic rings. The van der Waals surface area contributed by atoms with Crippen molar-refractivity contribution < 1.29 is 28.0 Å². The van der Waals surface area contributed by atoms with E-state index in [2.05, 4.69) is 0 Å². The van der Waals surface area contributed by atoms with E-state index in [-0.39, 0.29) is 0 Å². The molecule has 92 valence electrons. The van der Waals surface area contributed by atoms with Gasteiger partial charge in [0.25, 0.3) is 5.69 Å². The van der Waals surface area contributed by atoms with Crippen molar-refractivity contribution in [3.05, 3.63) is 39.9 Å². The van der Waals surface area contributed by atoms with Crippen LogP contribution in [0.1, 0.15) is 11.5 Å². The molecule has 1 rings (SSSR count). The average molecular weight is 249 g/mol. The van der Waals surface area contributed by atoms with Gasteiger partial charge in [0.05, 0.1) is 10.5 Å². The van der Waals surface area contributed by atoms with Crippen LogP contribution in [0.5, 0.6) is 0 Å². The van der Waals surface area contributed by atoms with Gasteiger partial charge in [-0.2, -0.15) is 13.2 Å². The Hall–Kier alpha value is -2.12. The Kier molecular flexibility index (Phi) is 3.35. The van der Waals surface area contributed by atoms with Crippen LogP contribution in [0, 0.1) is 10.1 Å². The van der Waals surface area contributed by atoms with Crippen molar-refractivity contribution in [2.75, 3.05) is 0 Å². The van der Waals surface area contributed by atoms with Crippen LogP contribution in [0.15, 0.2) is 24.3 Å². The molecule has 0 fully saturated rings. The van der Waals surface area contributed by atoms with Gasteiger partial charge in [0, 0.05) is 6.07 Å². The third-order valence-corrected chi connectivity index (χ3v) is 2.02. The lowest BCUT2D eigenvalue weighted by Crippen LogP contribution is -2.28. The lowest BCUT2D eigenvalue weighted by molar-refractivity contribution is -0.386. The van der Waals surface area contributed by atoms with Crippen LogP contribution in [0.4, 0.5) is 18.9 Å². The van der Waals surface area contributed by atoms with E-state index in [1.54, 1.807) is 0 Å². The van der Waals surface area contributed by atoms with Crippen LogP contribution in [0.3, 0.4) is 0 Å². The molecular weight excluding hydrogens is 243 g/mol. The Morgan fingerprint density at radius 3 is 2.29 bits per heavy atom. The summed E-state index contributed by atoms with van der Waals surface area (Å²) in [7, 11) is 0. The van der Waals surface area contributed by atoms with E-state index in [4.69, 9.17) is 5.11 Å². The van der Waals surface area contributed by atoms with E-state index in [0.29, 0.717) is 0 Å². The smallest absolute Gasteiger partial charge is 0.406 e. The highest BCUT2D eigenvalue weighted by atomic mass is 19.4. The van der Waals surface area contributed by atoms with Crippen molar-refractivity contribution >= 4 is 11.7 Å². The molecule has 0 aromatic heterocycles. The van der Waals surface area contributed by atoms with Crippen molar-refractivity contribution in [2.24, 2.45) is 0 Å². The van der Waals surface area contributed by atoms with Crippen LogP contribution in [0.2, 0.25) is 0 Å². The normalized spacial score (nSPS) is 13.1. The molecule has 0 aliphatic carbocycles. The number of carboxylic acids is 1. The van der Waals surface area contributed by atoms with Crippen LogP contribution in [0.25, 0.3) is 0 Å². The van der Waals surface area contributed by atoms with Crippen LogP contribution in [-0.2, 0) is 4.79 Å². The van der Waals surface area contributed by atoms with Gasteiger partial charge in [-0.15, -0.1) is 0 Å². The molecular formula is C9H6F3NO4. The number of alkyl halides is 3. The van der Waals surface area contributed by atoms with E-state index >= 15 is 0 Å². The zero-order valence-electron chi connectivity index (χ0n) is 8.14. The highest BCUT2D eigenvalue weighted by molar-refractivity contribution is 5.78. The second-order valence-corrected chi connectivity index (χ2v) is 3.13. The first kappa shape index (κ1) is 12.9. The van der Waals surface area contributed by atoms with Gasteiger partial charge in [0.1, 0.15) is 0 Å². The van der Waals surface area contributed by atoms with E-state index in [0.717, 1.165) is 24.3 Å². The maximum absolute atomic E-state index is 12.5. The number of hydrogen-bond acceptors (Lipinski definition) is 3. The van der Waals surface area contributed by atoms with Crippen molar-refractivity contribution in [3.8, 4) is 0 Å². The number of hydrogen-bond donors (Lipinski definition) is 1. The molecule has 0 radical (unpaired) electrons. The second-order valence-electron chi connectivity index (χ2n) is 3.13. The molecule has 0 bridgehead atoms. The zero-order chi connectivity index (χ0) is 13.2. The van der Waals surface area contributed by atoms with Gasteiger partial charge in [0.2, 0.25) is 0 Å². The topological polar surface area (TPSA) is 80.4 Å². The van der Waals surface area contributed by atoms with Gasteiger partial charge in [-0.1, -0.05) is 18.2 Å². The largest absolute Gasteiger partial charge is 0.481 e. The van der Waals surface area contributed by atoms with Crippen molar-refractivity contribution in [1.82, 2.24) is 0 Å². The van der Waals surface area contributed by atoms with Crippen molar-refractivity contribution in [2.45, 2.75) is 12.1 Å². The summed E-state index contributed by atoms with van der Waals surface area (Å²) in [5.41, 5.74) is -1.74. The number of halogens is 3. The summed E-state index contributed by atoms with van der Waals surface area (Å²) in [6, 6.07) is 3.89. The first-order valence-corrected chi connectivity index (χ1v) is 4.28. The number of nitro groups is 1. The third-order valence-electron chi connectivity index (χ3n) is 2.02. The van der Waals surface area contributed by atoms with Gasteiger partial charge in [-0.3, -0.25) is 14.9 Å².